The molecular weight excluding hydrogens is 200 g/mol. The molecule has 74 valence electrons. The zero-order chi connectivity index (χ0) is 8.62. The molecule has 4 N–H and O–H groups in total. The average molecular weight is 215 g/mol. The van der Waals surface area contributed by atoms with Crippen molar-refractivity contribution in [2.45, 2.75) is 19.8 Å². The van der Waals surface area contributed by atoms with Crippen molar-refractivity contribution in [3.8, 4) is 0 Å². The van der Waals surface area contributed by atoms with E-state index in [0.29, 0.717) is 0 Å². The van der Waals surface area contributed by atoms with E-state index in [2.05, 4.69) is 6.92 Å². The zero-order valence-corrected chi connectivity index (χ0v) is 7.04. The van der Waals surface area contributed by atoms with Gasteiger partial charge in [-0.25, -0.2) is 0 Å². The predicted molar refractivity (Wildman–Crippen MR) is 47.8 cm³/mol. The van der Waals surface area contributed by atoms with E-state index in [-0.39, 0.29) is 34.3 Å². The van der Waals surface area contributed by atoms with Crippen LogP contribution in [-0.2, 0) is 10.4 Å². The maximum absolute atomic E-state index is 8.74. The van der Waals surface area contributed by atoms with Gasteiger partial charge in [0.25, 0.3) is 0 Å². The van der Waals surface area contributed by atoms with E-state index in [1.54, 1.807) is 0 Å². The molecule has 0 fully saturated rings. The molecule has 0 rings (SSSR count). The van der Waals surface area contributed by atoms with E-state index in [0.717, 1.165) is 6.54 Å². The molecule has 0 aliphatic carbocycles. The number of hydrogen-bond acceptors (Lipinski definition) is 3. The zero-order valence-electron chi connectivity index (χ0n) is 6.23. The number of nitrogens with two attached hydrogens (primary N) is 1. The van der Waals surface area contributed by atoms with E-state index in [1.165, 1.54) is 12.8 Å². The van der Waals surface area contributed by atoms with E-state index in [1.807, 2.05) is 0 Å². The summed E-state index contributed by atoms with van der Waals surface area (Å²) in [4.78, 5) is 0. The van der Waals surface area contributed by atoms with Gasteiger partial charge in [-0.1, -0.05) is 13.3 Å². The molecule has 0 amide bonds. The topological polar surface area (TPSA) is 101 Å². The van der Waals surface area contributed by atoms with Gasteiger partial charge in [0, 0.05) is 0 Å². The summed E-state index contributed by atoms with van der Waals surface area (Å²) >= 11 is 0. The summed E-state index contributed by atoms with van der Waals surface area (Å²) in [5, 5.41) is 0. The molecule has 8 heteroatoms. The van der Waals surface area contributed by atoms with Crippen LogP contribution in [0.1, 0.15) is 19.8 Å². The molecule has 5 nitrogen and oxygen atoms in total. The summed E-state index contributed by atoms with van der Waals surface area (Å²) in [6.45, 7) is 2.98. The Morgan fingerprint density at radius 3 is 1.58 bits per heavy atom. The normalized spacial score (nSPS) is 8.33. The standard InChI is InChI=1S/C4H11N.FH.Na.H2O4S.H/c1-2-3-4-5;;;1-5(2,3)4;/h2-5H2,1H3;1H;;(H2,1,2,3,4);. The number of unbranched alkanes of at least 4 members (excludes halogenated alkanes) is 1. The Bertz CT molecular complexity index is 141. The van der Waals surface area contributed by atoms with Gasteiger partial charge in [-0.05, 0) is 13.0 Å². The second-order valence-electron chi connectivity index (χ2n) is 1.59. The Morgan fingerprint density at radius 2 is 1.58 bits per heavy atom. The van der Waals surface area contributed by atoms with Gasteiger partial charge >= 0.3 is 40.0 Å². The van der Waals surface area contributed by atoms with Gasteiger partial charge in [0.05, 0.1) is 0 Å². The van der Waals surface area contributed by atoms with Crippen LogP contribution in [0.4, 0.5) is 4.70 Å². The first-order valence-corrected chi connectivity index (χ1v) is 4.21. The maximum atomic E-state index is 8.74. The third-order valence-corrected chi connectivity index (χ3v) is 0.558. The fourth-order valence-electron chi connectivity index (χ4n) is 0.204. The van der Waals surface area contributed by atoms with Gasteiger partial charge in [-0.2, -0.15) is 8.42 Å². The monoisotopic (exact) mass is 215 g/mol. The Labute approximate surface area is 94.0 Å². The molecule has 0 aromatic rings. The molecule has 0 aromatic carbocycles. The van der Waals surface area contributed by atoms with Crippen LogP contribution in [0.3, 0.4) is 0 Å². The van der Waals surface area contributed by atoms with Crippen LogP contribution in [0.2, 0.25) is 0 Å². The van der Waals surface area contributed by atoms with Gasteiger partial charge in [-0.15, -0.1) is 0 Å². The molecule has 0 radical (unpaired) electrons. The van der Waals surface area contributed by atoms with Crippen molar-refractivity contribution in [1.82, 2.24) is 0 Å². The van der Waals surface area contributed by atoms with E-state index >= 15 is 0 Å². The van der Waals surface area contributed by atoms with E-state index in [9.17, 15) is 0 Å². The molecular formula is C4H15FNNaO4S. The molecule has 0 heterocycles. The van der Waals surface area contributed by atoms with Crippen molar-refractivity contribution in [3.05, 3.63) is 0 Å². The molecule has 0 saturated carbocycles. The van der Waals surface area contributed by atoms with Gasteiger partial charge in [0.15, 0.2) is 0 Å². The molecule has 0 aromatic heterocycles. The molecule has 0 bridgehead atoms. The molecule has 0 unspecified atom stereocenters. The van der Waals surface area contributed by atoms with Crippen molar-refractivity contribution in [3.63, 3.8) is 0 Å². The number of hydrogen-bond donors (Lipinski definition) is 3. The van der Waals surface area contributed by atoms with Crippen LogP contribution in [0.5, 0.6) is 0 Å². The van der Waals surface area contributed by atoms with Crippen LogP contribution in [0.25, 0.3) is 0 Å². The van der Waals surface area contributed by atoms with Crippen LogP contribution >= 0.6 is 0 Å². The fraction of sp³-hybridized carbons (Fsp3) is 1.00. The van der Waals surface area contributed by atoms with Gasteiger partial charge in [0.2, 0.25) is 0 Å². The molecule has 0 spiro atoms. The van der Waals surface area contributed by atoms with Gasteiger partial charge in [0.1, 0.15) is 0 Å². The van der Waals surface area contributed by atoms with Gasteiger partial charge in [-0.3, -0.25) is 13.8 Å². The fourth-order valence-corrected chi connectivity index (χ4v) is 0.204. The summed E-state index contributed by atoms with van der Waals surface area (Å²) in [6.07, 6.45) is 2.39. The first kappa shape index (κ1) is 23.0. The quantitative estimate of drug-likeness (QED) is 0.429. The van der Waals surface area contributed by atoms with Crippen molar-refractivity contribution >= 4 is 40.0 Å². The van der Waals surface area contributed by atoms with E-state index in [4.69, 9.17) is 23.3 Å². The third kappa shape index (κ3) is 135. The Balaban J connectivity index is -0.0000000457. The average Bonchev–Trinajstić information content (AvgIpc) is 1.63. The third-order valence-electron chi connectivity index (χ3n) is 0.558. The van der Waals surface area contributed by atoms with Crippen molar-refractivity contribution in [2.75, 3.05) is 6.54 Å². The summed E-state index contributed by atoms with van der Waals surface area (Å²) in [7, 11) is -4.67. The van der Waals surface area contributed by atoms with Crippen LogP contribution in [0.15, 0.2) is 0 Å². The molecule has 0 atom stereocenters. The van der Waals surface area contributed by atoms with Crippen molar-refractivity contribution in [2.24, 2.45) is 5.73 Å². The summed E-state index contributed by atoms with van der Waals surface area (Å²) in [5.74, 6) is 0. The molecule has 12 heavy (non-hydrogen) atoms. The molecule has 0 aliphatic heterocycles. The summed E-state index contributed by atoms with van der Waals surface area (Å²) < 4.78 is 31.6. The van der Waals surface area contributed by atoms with Crippen LogP contribution in [0, 0.1) is 0 Å². The first-order chi connectivity index (χ1) is 4.41. The minimum atomic E-state index is -4.67. The Morgan fingerprint density at radius 1 is 1.33 bits per heavy atom. The van der Waals surface area contributed by atoms with Crippen molar-refractivity contribution in [1.29, 1.82) is 0 Å². The van der Waals surface area contributed by atoms with Gasteiger partial charge < -0.3 is 5.73 Å². The Kier molecular flexibility index (Phi) is 27.4. The number of rotatable bonds is 2. The first-order valence-electron chi connectivity index (χ1n) is 2.81. The SMILES string of the molecule is CCCCN.F.O=S(=O)(O)O.[NaH]. The predicted octanol–water partition coefficient (Wildman–Crippen LogP) is -0.404. The summed E-state index contributed by atoms with van der Waals surface area (Å²) in [6, 6.07) is 0. The molecule has 0 saturated heterocycles. The molecule has 0 aliphatic rings. The second-order valence-corrected chi connectivity index (χ2v) is 2.49. The second kappa shape index (κ2) is 14.3. The van der Waals surface area contributed by atoms with Crippen LogP contribution in [-0.4, -0.2) is 53.6 Å². The number of halogens is 1. The van der Waals surface area contributed by atoms with E-state index < -0.39 is 10.4 Å². The Hall–Kier alpha value is 0.760. The van der Waals surface area contributed by atoms with Crippen LogP contribution < -0.4 is 5.73 Å². The minimum absolute atomic E-state index is 0. The van der Waals surface area contributed by atoms with Crippen molar-refractivity contribution < 1.29 is 22.2 Å². The summed E-state index contributed by atoms with van der Waals surface area (Å²) in [5.41, 5.74) is 5.14.